The van der Waals surface area contributed by atoms with Crippen LogP contribution >= 0.6 is 15.9 Å². The molecule has 0 saturated heterocycles. The zero-order valence-corrected chi connectivity index (χ0v) is 19.5. The molecule has 0 aliphatic heterocycles. The maximum atomic E-state index is 13.0. The fourth-order valence-electron chi connectivity index (χ4n) is 3.63. The van der Waals surface area contributed by atoms with Gasteiger partial charge in [0, 0.05) is 16.2 Å². The Morgan fingerprint density at radius 2 is 1.81 bits per heavy atom. The van der Waals surface area contributed by atoms with Crippen LogP contribution in [0.25, 0.3) is 16.9 Å². The minimum atomic E-state index is -1.11. The Kier molecular flexibility index (Phi) is 5.84. The van der Waals surface area contributed by atoms with E-state index in [4.69, 9.17) is 4.98 Å². The number of pyridine rings is 1. The number of aromatic carboxylic acids is 1. The van der Waals surface area contributed by atoms with Crippen molar-refractivity contribution in [2.75, 3.05) is 5.32 Å². The Labute approximate surface area is 194 Å². The quantitative estimate of drug-likeness (QED) is 0.382. The molecule has 2 heterocycles. The third-order valence-electron chi connectivity index (χ3n) is 5.48. The zero-order chi connectivity index (χ0) is 23.0. The van der Waals surface area contributed by atoms with Crippen LogP contribution in [0.3, 0.4) is 0 Å². The Balaban J connectivity index is 1.74. The molecule has 2 aromatic carbocycles. The summed E-state index contributed by atoms with van der Waals surface area (Å²) in [6.45, 7) is 6.10. The number of aromatic nitrogens is 2. The van der Waals surface area contributed by atoms with Crippen LogP contribution in [0.15, 0.2) is 59.2 Å². The molecule has 0 atom stereocenters. The normalized spacial score (nSPS) is 11.0. The summed E-state index contributed by atoms with van der Waals surface area (Å²) in [5, 5.41) is 12.2. The Bertz CT molecular complexity index is 1370. The van der Waals surface area contributed by atoms with Crippen LogP contribution in [0.5, 0.6) is 0 Å². The summed E-state index contributed by atoms with van der Waals surface area (Å²) in [6, 6.07) is 14.8. The van der Waals surface area contributed by atoms with Gasteiger partial charge in [0.1, 0.15) is 5.65 Å². The van der Waals surface area contributed by atoms with Crippen molar-refractivity contribution >= 4 is 39.1 Å². The maximum Gasteiger partial charge on any atom is 0.337 e. The molecule has 0 aliphatic rings. The fraction of sp³-hybridized carbons (Fsp3) is 0.160. The molecule has 0 unspecified atom stereocenters. The van der Waals surface area contributed by atoms with Gasteiger partial charge in [-0.25, -0.2) is 9.78 Å². The predicted molar refractivity (Wildman–Crippen MR) is 128 cm³/mol. The summed E-state index contributed by atoms with van der Waals surface area (Å²) in [7, 11) is 0. The number of rotatable bonds is 5. The monoisotopic (exact) mass is 491 g/mol. The molecule has 0 saturated carbocycles. The maximum absolute atomic E-state index is 13.0. The third kappa shape index (κ3) is 4.29. The number of halogens is 1. The Morgan fingerprint density at radius 3 is 2.53 bits per heavy atom. The molecule has 4 aromatic rings. The standard InChI is InChI=1S/C25H22BrN3O3/c1-14-8-9-29-21(13-23(30)27-20-7-6-18(26)12-19(20)25(31)32)24(28-22(29)10-14)17-5-4-15(2)16(3)11-17/h4-12H,13H2,1-3H3,(H,27,30)(H,31,32). The highest BCUT2D eigenvalue weighted by atomic mass is 79.9. The molecular weight excluding hydrogens is 470 g/mol. The van der Waals surface area contributed by atoms with E-state index in [0.29, 0.717) is 4.47 Å². The molecule has 0 radical (unpaired) electrons. The van der Waals surface area contributed by atoms with Crippen molar-refractivity contribution in [3.8, 4) is 11.3 Å². The van der Waals surface area contributed by atoms with Crippen LogP contribution < -0.4 is 5.32 Å². The predicted octanol–water partition coefficient (Wildman–Crippen LogP) is 5.57. The number of hydrogen-bond acceptors (Lipinski definition) is 3. The lowest BCUT2D eigenvalue weighted by Crippen LogP contribution is -2.18. The number of nitrogens with zero attached hydrogens (tertiary/aromatic N) is 2. The summed E-state index contributed by atoms with van der Waals surface area (Å²) in [5.74, 6) is -1.43. The van der Waals surface area contributed by atoms with E-state index in [9.17, 15) is 14.7 Å². The number of imidazole rings is 1. The molecule has 0 bridgehead atoms. The number of aryl methyl sites for hydroxylation is 3. The van der Waals surface area contributed by atoms with Crippen molar-refractivity contribution in [3.63, 3.8) is 0 Å². The first-order chi connectivity index (χ1) is 15.2. The number of fused-ring (bicyclic) bond motifs is 1. The highest BCUT2D eigenvalue weighted by molar-refractivity contribution is 9.10. The molecule has 2 N–H and O–H groups in total. The number of carbonyl (C=O) groups is 2. The molecular formula is C25H22BrN3O3. The molecule has 2 aromatic heterocycles. The van der Waals surface area contributed by atoms with E-state index < -0.39 is 5.97 Å². The molecule has 32 heavy (non-hydrogen) atoms. The first-order valence-corrected chi connectivity index (χ1v) is 10.9. The number of amides is 1. The van der Waals surface area contributed by atoms with Crippen LogP contribution in [-0.4, -0.2) is 26.4 Å². The first-order valence-electron chi connectivity index (χ1n) is 10.1. The molecule has 162 valence electrons. The SMILES string of the molecule is Cc1ccn2c(CC(=O)Nc3ccc(Br)cc3C(=O)O)c(-c3ccc(C)c(C)c3)nc2c1. The molecule has 0 spiro atoms. The van der Waals surface area contributed by atoms with Crippen molar-refractivity contribution in [3.05, 3.63) is 87.1 Å². The molecule has 7 heteroatoms. The fourth-order valence-corrected chi connectivity index (χ4v) is 4.00. The second-order valence-corrected chi connectivity index (χ2v) is 8.77. The van der Waals surface area contributed by atoms with Gasteiger partial charge in [-0.1, -0.05) is 28.1 Å². The second-order valence-electron chi connectivity index (χ2n) is 7.86. The number of carboxylic acids is 1. The van der Waals surface area contributed by atoms with Crippen molar-refractivity contribution in [1.82, 2.24) is 9.38 Å². The van der Waals surface area contributed by atoms with Gasteiger partial charge >= 0.3 is 5.97 Å². The van der Waals surface area contributed by atoms with E-state index in [1.165, 1.54) is 11.6 Å². The molecule has 0 fully saturated rings. The molecule has 4 rings (SSSR count). The van der Waals surface area contributed by atoms with E-state index in [2.05, 4.69) is 34.2 Å². The summed E-state index contributed by atoms with van der Waals surface area (Å²) in [6.07, 6.45) is 1.95. The largest absolute Gasteiger partial charge is 0.478 e. The van der Waals surface area contributed by atoms with Gasteiger partial charge in [0.2, 0.25) is 5.91 Å². The third-order valence-corrected chi connectivity index (χ3v) is 5.97. The van der Waals surface area contributed by atoms with Gasteiger partial charge in [-0.2, -0.15) is 0 Å². The molecule has 0 aliphatic carbocycles. The summed E-state index contributed by atoms with van der Waals surface area (Å²) in [4.78, 5) is 29.4. The van der Waals surface area contributed by atoms with E-state index >= 15 is 0 Å². The lowest BCUT2D eigenvalue weighted by atomic mass is 10.0. The van der Waals surface area contributed by atoms with Gasteiger partial charge in [-0.15, -0.1) is 0 Å². The second kappa shape index (κ2) is 8.59. The van der Waals surface area contributed by atoms with E-state index in [1.807, 2.05) is 48.7 Å². The van der Waals surface area contributed by atoms with Gasteiger partial charge in [-0.05, 0) is 73.9 Å². The van der Waals surface area contributed by atoms with Gasteiger partial charge < -0.3 is 14.8 Å². The van der Waals surface area contributed by atoms with E-state index in [1.54, 1.807) is 12.1 Å². The van der Waals surface area contributed by atoms with Gasteiger partial charge in [0.15, 0.2) is 0 Å². The first kappa shape index (κ1) is 21.8. The van der Waals surface area contributed by atoms with Crippen LogP contribution in [0.2, 0.25) is 0 Å². The lowest BCUT2D eigenvalue weighted by molar-refractivity contribution is -0.115. The molecule has 1 amide bonds. The zero-order valence-electron chi connectivity index (χ0n) is 17.9. The van der Waals surface area contributed by atoms with Crippen molar-refractivity contribution in [2.24, 2.45) is 0 Å². The average Bonchev–Trinajstić information content (AvgIpc) is 3.08. The highest BCUT2D eigenvalue weighted by Crippen LogP contribution is 2.28. The van der Waals surface area contributed by atoms with Crippen LogP contribution in [0.1, 0.15) is 32.7 Å². The van der Waals surface area contributed by atoms with Crippen molar-refractivity contribution in [2.45, 2.75) is 27.2 Å². The summed E-state index contributed by atoms with van der Waals surface area (Å²) in [5.41, 5.74) is 6.86. The van der Waals surface area contributed by atoms with Crippen molar-refractivity contribution < 1.29 is 14.7 Å². The topological polar surface area (TPSA) is 83.7 Å². The smallest absolute Gasteiger partial charge is 0.337 e. The Morgan fingerprint density at radius 1 is 1.03 bits per heavy atom. The van der Waals surface area contributed by atoms with Crippen LogP contribution in [-0.2, 0) is 11.2 Å². The van der Waals surface area contributed by atoms with Gasteiger partial charge in [0.25, 0.3) is 0 Å². The average molecular weight is 492 g/mol. The number of anilines is 1. The number of benzene rings is 2. The minimum absolute atomic E-state index is 0.0240. The summed E-state index contributed by atoms with van der Waals surface area (Å²) < 4.78 is 2.54. The minimum Gasteiger partial charge on any atom is -0.478 e. The highest BCUT2D eigenvalue weighted by Gasteiger charge is 2.19. The number of carboxylic acid groups (broad SMARTS) is 1. The van der Waals surface area contributed by atoms with Gasteiger partial charge in [-0.3, -0.25) is 4.79 Å². The number of hydrogen-bond donors (Lipinski definition) is 2. The van der Waals surface area contributed by atoms with E-state index in [0.717, 1.165) is 33.7 Å². The number of carbonyl (C=O) groups excluding carboxylic acids is 1. The number of nitrogens with one attached hydrogen (secondary N) is 1. The van der Waals surface area contributed by atoms with Gasteiger partial charge in [0.05, 0.1) is 29.1 Å². The molecule has 6 nitrogen and oxygen atoms in total. The van der Waals surface area contributed by atoms with Crippen molar-refractivity contribution in [1.29, 1.82) is 0 Å². The van der Waals surface area contributed by atoms with Crippen LogP contribution in [0.4, 0.5) is 5.69 Å². The van der Waals surface area contributed by atoms with E-state index in [-0.39, 0.29) is 23.6 Å². The lowest BCUT2D eigenvalue weighted by Gasteiger charge is -2.11. The van der Waals surface area contributed by atoms with Crippen LogP contribution in [0, 0.1) is 20.8 Å². The summed E-state index contributed by atoms with van der Waals surface area (Å²) >= 11 is 3.27. The Hall–Kier alpha value is -3.45.